The number of nitrogens with one attached hydrogen (secondary N) is 1. The first-order valence-electron chi connectivity index (χ1n) is 6.87. The lowest BCUT2D eigenvalue weighted by atomic mass is 9.88. The maximum atomic E-state index is 14.2. The average molecular weight is 354 g/mol. The van der Waals surface area contributed by atoms with Crippen molar-refractivity contribution in [2.45, 2.75) is 19.3 Å². The predicted octanol–water partition coefficient (Wildman–Crippen LogP) is 4.58. The number of hydrogen-bond acceptors (Lipinski definition) is 1. The van der Waals surface area contributed by atoms with Crippen molar-refractivity contribution in [3.05, 3.63) is 69.2 Å². The summed E-state index contributed by atoms with van der Waals surface area (Å²) < 4.78 is 28.4. The minimum atomic E-state index is -0.510. The minimum absolute atomic E-state index is 0.0227. The molecule has 0 saturated heterocycles. The van der Waals surface area contributed by atoms with E-state index in [1.54, 1.807) is 0 Å². The average Bonchev–Trinajstić information content (AvgIpc) is 2.47. The number of aryl methyl sites for hydroxylation is 1. The molecule has 1 N–H and O–H groups in total. The molecule has 4 heteroatoms. The van der Waals surface area contributed by atoms with E-state index in [0.717, 1.165) is 11.1 Å². The Morgan fingerprint density at radius 2 is 1.86 bits per heavy atom. The van der Waals surface area contributed by atoms with Crippen molar-refractivity contribution in [2.75, 3.05) is 13.6 Å². The Balaban J connectivity index is 2.38. The molecule has 0 aliphatic carbocycles. The number of benzene rings is 2. The monoisotopic (exact) mass is 353 g/mol. The molecule has 1 nitrogen and oxygen atoms in total. The molecule has 112 valence electrons. The van der Waals surface area contributed by atoms with E-state index in [1.807, 2.05) is 38.2 Å². The van der Waals surface area contributed by atoms with Crippen LogP contribution in [0.25, 0.3) is 0 Å². The van der Waals surface area contributed by atoms with E-state index in [4.69, 9.17) is 0 Å². The molecule has 0 fully saturated rings. The second-order valence-electron chi connectivity index (χ2n) is 5.14. The largest absolute Gasteiger partial charge is 0.319 e. The summed E-state index contributed by atoms with van der Waals surface area (Å²) in [6.45, 7) is 2.68. The first-order chi connectivity index (χ1) is 10.0. The zero-order valence-electron chi connectivity index (χ0n) is 12.1. The fraction of sp³-hybridized carbons (Fsp3) is 0.294. The van der Waals surface area contributed by atoms with E-state index in [2.05, 4.69) is 21.2 Å². The fourth-order valence-electron chi connectivity index (χ4n) is 2.59. The molecule has 21 heavy (non-hydrogen) atoms. The molecule has 2 rings (SSSR count). The Morgan fingerprint density at radius 3 is 2.52 bits per heavy atom. The summed E-state index contributed by atoms with van der Waals surface area (Å²) in [6.07, 6.45) is 0.322. The Kier molecular flexibility index (Phi) is 5.48. The van der Waals surface area contributed by atoms with Crippen LogP contribution in [0, 0.1) is 18.6 Å². The van der Waals surface area contributed by atoms with Crippen molar-refractivity contribution in [3.63, 3.8) is 0 Å². The molecule has 0 radical (unpaired) electrons. The highest BCUT2D eigenvalue weighted by atomic mass is 79.9. The number of hydrogen-bond donors (Lipinski definition) is 1. The highest BCUT2D eigenvalue weighted by molar-refractivity contribution is 9.10. The fourth-order valence-corrected chi connectivity index (χ4v) is 2.96. The van der Waals surface area contributed by atoms with Gasteiger partial charge in [-0.3, -0.25) is 0 Å². The predicted molar refractivity (Wildman–Crippen MR) is 85.6 cm³/mol. The van der Waals surface area contributed by atoms with Crippen LogP contribution in [0.1, 0.15) is 22.6 Å². The first-order valence-corrected chi connectivity index (χ1v) is 7.66. The zero-order valence-corrected chi connectivity index (χ0v) is 13.7. The molecule has 0 aliphatic rings. The molecule has 0 amide bonds. The first kappa shape index (κ1) is 16.1. The van der Waals surface area contributed by atoms with Gasteiger partial charge in [0, 0.05) is 18.0 Å². The number of likely N-dealkylation sites (N-methyl/N-ethyl adjacent to an activating group) is 1. The highest BCUT2D eigenvalue weighted by Gasteiger charge is 2.19. The van der Waals surface area contributed by atoms with Gasteiger partial charge in [0.15, 0.2) is 0 Å². The van der Waals surface area contributed by atoms with Crippen LogP contribution in [0.5, 0.6) is 0 Å². The van der Waals surface area contributed by atoms with Gasteiger partial charge in [0.25, 0.3) is 0 Å². The van der Waals surface area contributed by atoms with Gasteiger partial charge in [-0.05, 0) is 59.6 Å². The highest BCUT2D eigenvalue weighted by Crippen LogP contribution is 2.28. The molecule has 1 unspecified atom stereocenters. The lowest BCUT2D eigenvalue weighted by molar-refractivity contribution is 0.525. The van der Waals surface area contributed by atoms with E-state index >= 15 is 0 Å². The zero-order chi connectivity index (χ0) is 15.4. The molecular weight excluding hydrogens is 336 g/mol. The van der Waals surface area contributed by atoms with Crippen LogP contribution in [0.4, 0.5) is 8.78 Å². The Morgan fingerprint density at radius 1 is 1.14 bits per heavy atom. The molecule has 2 aromatic rings. The molecule has 2 aromatic carbocycles. The van der Waals surface area contributed by atoms with Gasteiger partial charge < -0.3 is 5.32 Å². The molecule has 0 aromatic heterocycles. The van der Waals surface area contributed by atoms with Crippen molar-refractivity contribution in [2.24, 2.45) is 0 Å². The smallest absolute Gasteiger partial charge is 0.143 e. The van der Waals surface area contributed by atoms with E-state index < -0.39 is 11.6 Å². The van der Waals surface area contributed by atoms with Crippen molar-refractivity contribution in [3.8, 4) is 0 Å². The summed E-state index contributed by atoms with van der Waals surface area (Å²) in [5, 5.41) is 3.11. The van der Waals surface area contributed by atoms with Gasteiger partial charge in [-0.1, -0.05) is 24.3 Å². The second-order valence-corrected chi connectivity index (χ2v) is 5.99. The van der Waals surface area contributed by atoms with Gasteiger partial charge in [-0.25, -0.2) is 8.78 Å². The Bertz CT molecular complexity index is 628. The normalized spacial score (nSPS) is 12.4. The van der Waals surface area contributed by atoms with Crippen LogP contribution in [-0.2, 0) is 6.42 Å². The number of rotatable bonds is 5. The SMILES string of the molecule is CNCC(Cc1c(F)ccc(Br)c1F)c1ccccc1C. The third kappa shape index (κ3) is 3.69. The Hall–Kier alpha value is -1.26. The van der Waals surface area contributed by atoms with Crippen molar-refractivity contribution >= 4 is 15.9 Å². The minimum Gasteiger partial charge on any atom is -0.319 e. The third-order valence-corrected chi connectivity index (χ3v) is 4.28. The summed E-state index contributed by atoms with van der Waals surface area (Å²) >= 11 is 3.12. The van der Waals surface area contributed by atoms with Gasteiger partial charge in [0.05, 0.1) is 4.47 Å². The van der Waals surface area contributed by atoms with Crippen LogP contribution in [0.15, 0.2) is 40.9 Å². The number of halogens is 3. The summed E-state index contributed by atoms with van der Waals surface area (Å²) in [5.74, 6) is -0.982. The molecule has 0 saturated carbocycles. The molecule has 0 heterocycles. The summed E-state index contributed by atoms with van der Waals surface area (Å²) in [5.41, 5.74) is 2.38. The maximum Gasteiger partial charge on any atom is 0.143 e. The molecular formula is C17H18BrF2N. The lowest BCUT2D eigenvalue weighted by Crippen LogP contribution is -2.21. The summed E-state index contributed by atoms with van der Waals surface area (Å²) in [4.78, 5) is 0. The van der Waals surface area contributed by atoms with Crippen LogP contribution in [0.3, 0.4) is 0 Å². The van der Waals surface area contributed by atoms with Crippen LogP contribution >= 0.6 is 15.9 Å². The van der Waals surface area contributed by atoms with Crippen molar-refractivity contribution < 1.29 is 8.78 Å². The second kappa shape index (κ2) is 7.14. The van der Waals surface area contributed by atoms with E-state index in [-0.39, 0.29) is 11.5 Å². The quantitative estimate of drug-likeness (QED) is 0.775. The van der Waals surface area contributed by atoms with Crippen LogP contribution in [0.2, 0.25) is 0 Å². The van der Waals surface area contributed by atoms with Gasteiger partial charge in [-0.15, -0.1) is 0 Å². The van der Waals surface area contributed by atoms with Gasteiger partial charge >= 0.3 is 0 Å². The van der Waals surface area contributed by atoms with Gasteiger partial charge in [-0.2, -0.15) is 0 Å². The standard InChI is InChI=1S/C17H18BrF2N/c1-11-5-3-4-6-13(11)12(10-21-2)9-14-16(19)8-7-15(18)17(14)20/h3-8,12,21H,9-10H2,1-2H3. The molecule has 0 aliphatic heterocycles. The third-order valence-electron chi connectivity index (χ3n) is 3.67. The van der Waals surface area contributed by atoms with Crippen molar-refractivity contribution in [1.82, 2.24) is 5.32 Å². The van der Waals surface area contributed by atoms with Crippen LogP contribution in [-0.4, -0.2) is 13.6 Å². The molecule has 0 spiro atoms. The maximum absolute atomic E-state index is 14.2. The summed E-state index contributed by atoms with van der Waals surface area (Å²) in [7, 11) is 1.85. The Labute approximate surface area is 132 Å². The van der Waals surface area contributed by atoms with E-state index in [0.29, 0.717) is 17.4 Å². The van der Waals surface area contributed by atoms with Crippen LogP contribution < -0.4 is 5.32 Å². The van der Waals surface area contributed by atoms with E-state index in [9.17, 15) is 8.78 Å². The topological polar surface area (TPSA) is 12.0 Å². The molecule has 0 bridgehead atoms. The molecule has 1 atom stereocenters. The van der Waals surface area contributed by atoms with Gasteiger partial charge in [0.2, 0.25) is 0 Å². The summed E-state index contributed by atoms with van der Waals surface area (Å²) in [6, 6.07) is 10.7. The van der Waals surface area contributed by atoms with Gasteiger partial charge in [0.1, 0.15) is 11.6 Å². The lowest BCUT2D eigenvalue weighted by Gasteiger charge is -2.20. The van der Waals surface area contributed by atoms with E-state index in [1.165, 1.54) is 12.1 Å². The van der Waals surface area contributed by atoms with Crippen molar-refractivity contribution in [1.29, 1.82) is 0 Å².